The van der Waals surface area contributed by atoms with Crippen molar-refractivity contribution in [3.63, 3.8) is 0 Å². The van der Waals surface area contributed by atoms with Crippen LogP contribution >= 0.6 is 11.8 Å². The largest absolute Gasteiger partial charge is 0.493 e. The Hall–Kier alpha value is -3.00. The second-order valence-electron chi connectivity index (χ2n) is 6.42. The number of benzene rings is 2. The lowest BCUT2D eigenvalue weighted by atomic mass is 10.1. The van der Waals surface area contributed by atoms with E-state index in [0.29, 0.717) is 29.2 Å². The Morgan fingerprint density at radius 1 is 1.10 bits per heavy atom. The van der Waals surface area contributed by atoms with Crippen LogP contribution in [-0.2, 0) is 11.3 Å². The highest BCUT2D eigenvalue weighted by Crippen LogP contribution is 2.28. The molecule has 1 heterocycles. The maximum Gasteiger partial charge on any atom is 0.277 e. The molecule has 0 aliphatic carbocycles. The first kappa shape index (κ1) is 20.7. The highest BCUT2D eigenvalue weighted by molar-refractivity contribution is 7.99. The van der Waals surface area contributed by atoms with E-state index in [1.807, 2.05) is 49.4 Å². The fourth-order valence-corrected chi connectivity index (χ4v) is 3.47. The fourth-order valence-electron chi connectivity index (χ4n) is 2.76. The quantitative estimate of drug-likeness (QED) is 0.520. The fraction of sp³-hybridized carbons (Fsp3) is 0.286. The third kappa shape index (κ3) is 5.08. The molecular weight excluding hydrogens is 390 g/mol. The second-order valence-corrected chi connectivity index (χ2v) is 7.34. The van der Waals surface area contributed by atoms with E-state index in [1.54, 1.807) is 26.2 Å². The molecule has 2 aromatic carbocycles. The maximum atomic E-state index is 12.5. The first-order chi connectivity index (χ1) is 14.0. The number of hydrogen-bond donors (Lipinski definition) is 0. The number of nitrogens with zero attached hydrogens (tertiary/aromatic N) is 3. The van der Waals surface area contributed by atoms with E-state index in [1.165, 1.54) is 11.8 Å². The van der Waals surface area contributed by atoms with Crippen LogP contribution in [0.5, 0.6) is 11.5 Å². The molecule has 152 valence electrons. The zero-order valence-corrected chi connectivity index (χ0v) is 17.7. The average molecular weight is 413 g/mol. The van der Waals surface area contributed by atoms with Crippen LogP contribution in [-0.4, -0.2) is 48.0 Å². The van der Waals surface area contributed by atoms with Crippen molar-refractivity contribution in [2.75, 3.05) is 27.0 Å². The minimum atomic E-state index is -0.0413. The zero-order chi connectivity index (χ0) is 20.8. The molecule has 0 N–H and O–H groups in total. The third-order valence-corrected chi connectivity index (χ3v) is 5.20. The molecule has 3 rings (SSSR count). The summed E-state index contributed by atoms with van der Waals surface area (Å²) in [6, 6.07) is 13.4. The molecule has 3 aromatic rings. The van der Waals surface area contributed by atoms with Gasteiger partial charge in [0.15, 0.2) is 11.5 Å². The number of aryl methyl sites for hydroxylation is 1. The first-order valence-corrected chi connectivity index (χ1v) is 9.97. The summed E-state index contributed by atoms with van der Waals surface area (Å²) in [5, 5.41) is 8.49. The summed E-state index contributed by atoms with van der Waals surface area (Å²) < 4.78 is 16.2. The molecule has 1 amide bonds. The Kier molecular flexibility index (Phi) is 6.77. The standard InChI is InChI=1S/C21H23N3O4S/c1-14-7-5-6-8-16(14)20-22-23-21(28-20)29-13-19(25)24(2)12-15-9-10-17(26-3)18(11-15)27-4/h5-11H,12-13H2,1-4H3. The number of amides is 1. The summed E-state index contributed by atoms with van der Waals surface area (Å²) in [5.74, 6) is 1.91. The number of ether oxygens (including phenoxy) is 2. The average Bonchev–Trinajstić information content (AvgIpc) is 3.20. The van der Waals surface area contributed by atoms with Crippen LogP contribution in [0.4, 0.5) is 0 Å². The Morgan fingerprint density at radius 3 is 2.59 bits per heavy atom. The molecule has 0 unspecified atom stereocenters. The van der Waals surface area contributed by atoms with Crippen LogP contribution < -0.4 is 9.47 Å². The molecule has 0 fully saturated rings. The van der Waals surface area contributed by atoms with Gasteiger partial charge in [0.1, 0.15) is 0 Å². The van der Waals surface area contributed by atoms with Gasteiger partial charge in [-0.15, -0.1) is 10.2 Å². The van der Waals surface area contributed by atoms with Gasteiger partial charge in [0.2, 0.25) is 11.8 Å². The molecule has 0 aliphatic heterocycles. The Balaban J connectivity index is 1.58. The highest BCUT2D eigenvalue weighted by atomic mass is 32.2. The Bertz CT molecular complexity index is 990. The molecule has 29 heavy (non-hydrogen) atoms. The number of rotatable bonds is 8. The van der Waals surface area contributed by atoms with Crippen molar-refractivity contribution in [2.24, 2.45) is 0 Å². The molecule has 0 saturated heterocycles. The lowest BCUT2D eigenvalue weighted by Crippen LogP contribution is -2.27. The van der Waals surface area contributed by atoms with E-state index >= 15 is 0 Å². The molecule has 1 aromatic heterocycles. The predicted molar refractivity (Wildman–Crippen MR) is 111 cm³/mol. The number of methoxy groups -OCH3 is 2. The van der Waals surface area contributed by atoms with Crippen LogP contribution in [0.1, 0.15) is 11.1 Å². The zero-order valence-electron chi connectivity index (χ0n) is 16.8. The van der Waals surface area contributed by atoms with Crippen molar-refractivity contribution in [2.45, 2.75) is 18.7 Å². The van der Waals surface area contributed by atoms with Gasteiger partial charge in [-0.1, -0.05) is 36.0 Å². The van der Waals surface area contributed by atoms with Gasteiger partial charge in [0.05, 0.1) is 20.0 Å². The number of carbonyl (C=O) groups excluding carboxylic acids is 1. The van der Waals surface area contributed by atoms with Crippen molar-refractivity contribution in [3.05, 3.63) is 53.6 Å². The van der Waals surface area contributed by atoms with Gasteiger partial charge in [-0.2, -0.15) is 0 Å². The normalized spacial score (nSPS) is 10.6. The minimum Gasteiger partial charge on any atom is -0.493 e. The molecule has 0 spiro atoms. The van der Waals surface area contributed by atoms with Gasteiger partial charge in [-0.25, -0.2) is 0 Å². The Morgan fingerprint density at radius 2 is 1.86 bits per heavy atom. The van der Waals surface area contributed by atoms with Crippen LogP contribution in [0.2, 0.25) is 0 Å². The summed E-state index contributed by atoms with van der Waals surface area (Å²) in [4.78, 5) is 14.1. The number of hydrogen-bond acceptors (Lipinski definition) is 7. The van der Waals surface area contributed by atoms with Gasteiger partial charge in [-0.3, -0.25) is 4.79 Å². The summed E-state index contributed by atoms with van der Waals surface area (Å²) in [6.07, 6.45) is 0. The van der Waals surface area contributed by atoms with Gasteiger partial charge in [0, 0.05) is 19.2 Å². The monoisotopic (exact) mass is 413 g/mol. The van der Waals surface area contributed by atoms with Crippen LogP contribution in [0.3, 0.4) is 0 Å². The van der Waals surface area contributed by atoms with E-state index in [-0.39, 0.29) is 11.7 Å². The van der Waals surface area contributed by atoms with Gasteiger partial charge in [0.25, 0.3) is 5.22 Å². The van der Waals surface area contributed by atoms with Crippen molar-refractivity contribution >= 4 is 17.7 Å². The number of aromatic nitrogens is 2. The lowest BCUT2D eigenvalue weighted by molar-refractivity contribution is -0.127. The molecular formula is C21H23N3O4S. The number of thioether (sulfide) groups is 1. The van der Waals surface area contributed by atoms with Crippen molar-refractivity contribution in [1.29, 1.82) is 0 Å². The maximum absolute atomic E-state index is 12.5. The molecule has 0 saturated carbocycles. The molecule has 0 aliphatic rings. The van der Waals surface area contributed by atoms with Crippen LogP contribution in [0, 0.1) is 6.92 Å². The SMILES string of the molecule is COc1ccc(CN(C)C(=O)CSc2nnc(-c3ccccc3C)o2)cc1OC. The molecule has 8 heteroatoms. The molecule has 0 bridgehead atoms. The predicted octanol–water partition coefficient (Wildman–Crippen LogP) is 3.81. The van der Waals surface area contributed by atoms with E-state index in [2.05, 4.69) is 10.2 Å². The van der Waals surface area contributed by atoms with Gasteiger partial charge < -0.3 is 18.8 Å². The van der Waals surface area contributed by atoms with E-state index in [0.717, 1.165) is 16.7 Å². The van der Waals surface area contributed by atoms with Gasteiger partial charge >= 0.3 is 0 Å². The molecule has 0 atom stereocenters. The summed E-state index contributed by atoms with van der Waals surface area (Å²) in [7, 11) is 4.93. The van der Waals surface area contributed by atoms with Crippen molar-refractivity contribution in [1.82, 2.24) is 15.1 Å². The molecule has 7 nitrogen and oxygen atoms in total. The summed E-state index contributed by atoms with van der Waals surface area (Å²) in [6.45, 7) is 2.44. The topological polar surface area (TPSA) is 77.7 Å². The minimum absolute atomic E-state index is 0.0413. The summed E-state index contributed by atoms with van der Waals surface area (Å²) in [5.41, 5.74) is 2.89. The second kappa shape index (κ2) is 9.47. The van der Waals surface area contributed by atoms with E-state index in [9.17, 15) is 4.79 Å². The van der Waals surface area contributed by atoms with Crippen LogP contribution in [0.15, 0.2) is 52.1 Å². The van der Waals surface area contributed by atoms with Gasteiger partial charge in [-0.05, 0) is 36.2 Å². The Labute approximate surface area is 174 Å². The number of carbonyl (C=O) groups is 1. The third-order valence-electron chi connectivity index (χ3n) is 4.39. The smallest absolute Gasteiger partial charge is 0.277 e. The van der Waals surface area contributed by atoms with E-state index < -0.39 is 0 Å². The first-order valence-electron chi connectivity index (χ1n) is 8.99. The van der Waals surface area contributed by atoms with Crippen LogP contribution in [0.25, 0.3) is 11.5 Å². The van der Waals surface area contributed by atoms with E-state index in [4.69, 9.17) is 13.9 Å². The van der Waals surface area contributed by atoms with Crippen molar-refractivity contribution in [3.8, 4) is 23.0 Å². The highest BCUT2D eigenvalue weighted by Gasteiger charge is 2.15. The summed E-state index contributed by atoms with van der Waals surface area (Å²) >= 11 is 1.23. The lowest BCUT2D eigenvalue weighted by Gasteiger charge is -2.17. The van der Waals surface area contributed by atoms with Crippen molar-refractivity contribution < 1.29 is 18.7 Å². The molecule has 0 radical (unpaired) electrons.